The van der Waals surface area contributed by atoms with Crippen molar-refractivity contribution in [3.63, 3.8) is 0 Å². The summed E-state index contributed by atoms with van der Waals surface area (Å²) in [5, 5.41) is 0. The number of benzene rings is 1. The SMILES string of the molecule is CC.CCC(=O)N(C)C.CCC(=O)N1CCc2ccccc2C1. The van der Waals surface area contributed by atoms with Gasteiger partial charge in [-0.25, -0.2) is 0 Å². The summed E-state index contributed by atoms with van der Waals surface area (Å²) in [6.45, 7) is 9.44. The highest BCUT2D eigenvalue weighted by Crippen LogP contribution is 2.18. The van der Waals surface area contributed by atoms with E-state index in [2.05, 4.69) is 18.2 Å². The van der Waals surface area contributed by atoms with Gasteiger partial charge >= 0.3 is 0 Å². The summed E-state index contributed by atoms with van der Waals surface area (Å²) in [6, 6.07) is 8.38. The standard InChI is InChI=1S/C12H15NO.C5H11NO.C2H6/c1-2-12(14)13-8-7-10-5-3-4-6-11(10)9-13;1-4-5(7)6(2)3;1-2/h3-6H,2,7-9H2,1H3;4H2,1-3H3;1-2H3. The predicted octanol–water partition coefficient (Wildman–Crippen LogP) is 3.49. The Kier molecular flexibility index (Phi) is 10.8. The molecule has 0 aromatic heterocycles. The van der Waals surface area contributed by atoms with Crippen LogP contribution in [0.5, 0.6) is 0 Å². The van der Waals surface area contributed by atoms with Crippen LogP contribution in [0.2, 0.25) is 0 Å². The van der Waals surface area contributed by atoms with Gasteiger partial charge in [0.2, 0.25) is 11.8 Å². The normalized spacial score (nSPS) is 12.0. The molecule has 23 heavy (non-hydrogen) atoms. The van der Waals surface area contributed by atoms with E-state index in [0.29, 0.717) is 12.8 Å². The van der Waals surface area contributed by atoms with E-state index < -0.39 is 0 Å². The van der Waals surface area contributed by atoms with Crippen molar-refractivity contribution in [2.45, 2.75) is 53.5 Å². The fourth-order valence-electron chi connectivity index (χ4n) is 2.25. The van der Waals surface area contributed by atoms with Crippen LogP contribution >= 0.6 is 0 Å². The molecule has 1 heterocycles. The van der Waals surface area contributed by atoms with Crippen molar-refractivity contribution >= 4 is 11.8 Å². The zero-order valence-electron chi connectivity index (χ0n) is 15.6. The van der Waals surface area contributed by atoms with Crippen LogP contribution in [0, 0.1) is 0 Å². The van der Waals surface area contributed by atoms with Gasteiger partial charge in [-0.05, 0) is 17.5 Å². The molecule has 4 heteroatoms. The van der Waals surface area contributed by atoms with Gasteiger partial charge in [-0.2, -0.15) is 0 Å². The van der Waals surface area contributed by atoms with E-state index in [1.165, 1.54) is 11.1 Å². The van der Waals surface area contributed by atoms with Gasteiger partial charge in [-0.3, -0.25) is 9.59 Å². The molecule has 0 unspecified atom stereocenters. The molecule has 0 atom stereocenters. The number of amides is 2. The number of nitrogens with zero attached hydrogens (tertiary/aromatic N) is 2. The molecule has 0 fully saturated rings. The number of carbonyl (C=O) groups excluding carboxylic acids is 2. The van der Waals surface area contributed by atoms with Crippen molar-refractivity contribution in [2.75, 3.05) is 20.6 Å². The maximum Gasteiger partial charge on any atom is 0.222 e. The van der Waals surface area contributed by atoms with E-state index in [1.807, 2.05) is 38.7 Å². The second-order valence-electron chi connectivity index (χ2n) is 5.33. The lowest BCUT2D eigenvalue weighted by Crippen LogP contribution is -2.35. The van der Waals surface area contributed by atoms with Crippen LogP contribution in [0.25, 0.3) is 0 Å². The van der Waals surface area contributed by atoms with Crippen molar-refractivity contribution in [3.8, 4) is 0 Å². The molecule has 1 aliphatic rings. The molecule has 0 saturated carbocycles. The highest BCUT2D eigenvalue weighted by atomic mass is 16.2. The lowest BCUT2D eigenvalue weighted by Gasteiger charge is -2.28. The molecule has 0 radical (unpaired) electrons. The number of hydrogen-bond acceptors (Lipinski definition) is 2. The summed E-state index contributed by atoms with van der Waals surface area (Å²) in [5.74, 6) is 0.444. The van der Waals surface area contributed by atoms with Crippen LogP contribution in [0.3, 0.4) is 0 Å². The van der Waals surface area contributed by atoms with Crippen molar-refractivity contribution in [1.82, 2.24) is 9.80 Å². The Balaban J connectivity index is 0.000000460. The van der Waals surface area contributed by atoms with Gasteiger partial charge in [0.15, 0.2) is 0 Å². The molecule has 1 aromatic carbocycles. The van der Waals surface area contributed by atoms with E-state index >= 15 is 0 Å². The van der Waals surface area contributed by atoms with E-state index in [9.17, 15) is 9.59 Å². The number of hydrogen-bond donors (Lipinski definition) is 0. The smallest absolute Gasteiger partial charge is 0.222 e. The van der Waals surface area contributed by atoms with E-state index in [-0.39, 0.29) is 11.8 Å². The van der Waals surface area contributed by atoms with Gasteiger partial charge in [0.1, 0.15) is 0 Å². The predicted molar refractivity (Wildman–Crippen MR) is 96.2 cm³/mol. The third-order valence-corrected chi connectivity index (χ3v) is 3.59. The molecule has 1 aliphatic heterocycles. The fourth-order valence-corrected chi connectivity index (χ4v) is 2.25. The fraction of sp³-hybridized carbons (Fsp3) is 0.579. The van der Waals surface area contributed by atoms with Crippen molar-refractivity contribution in [1.29, 1.82) is 0 Å². The molecule has 2 rings (SSSR count). The van der Waals surface area contributed by atoms with E-state index in [1.54, 1.807) is 19.0 Å². The first-order chi connectivity index (χ1) is 11.0. The van der Waals surface area contributed by atoms with Crippen molar-refractivity contribution in [2.24, 2.45) is 0 Å². The summed E-state index contributed by atoms with van der Waals surface area (Å²) >= 11 is 0. The van der Waals surface area contributed by atoms with Crippen LogP contribution in [0.1, 0.15) is 51.7 Å². The lowest BCUT2D eigenvalue weighted by molar-refractivity contribution is -0.131. The van der Waals surface area contributed by atoms with Gasteiger partial charge in [0, 0.05) is 40.0 Å². The summed E-state index contributed by atoms with van der Waals surface area (Å²) in [7, 11) is 3.51. The molecule has 0 saturated heterocycles. The Hall–Kier alpha value is -1.84. The Morgan fingerprint density at radius 1 is 1.04 bits per heavy atom. The highest BCUT2D eigenvalue weighted by Gasteiger charge is 2.18. The minimum atomic E-state index is 0.181. The third kappa shape index (κ3) is 7.31. The van der Waals surface area contributed by atoms with Crippen LogP contribution in [0.4, 0.5) is 0 Å². The Morgan fingerprint density at radius 2 is 1.61 bits per heavy atom. The molecule has 1 aromatic rings. The zero-order valence-corrected chi connectivity index (χ0v) is 15.6. The van der Waals surface area contributed by atoms with Gasteiger partial charge in [-0.1, -0.05) is 52.0 Å². The zero-order chi connectivity index (χ0) is 17.8. The van der Waals surface area contributed by atoms with Gasteiger partial charge < -0.3 is 9.80 Å². The van der Waals surface area contributed by atoms with Gasteiger partial charge in [0.25, 0.3) is 0 Å². The minimum Gasteiger partial charge on any atom is -0.349 e. The molecule has 130 valence electrons. The monoisotopic (exact) mass is 320 g/mol. The third-order valence-electron chi connectivity index (χ3n) is 3.59. The summed E-state index contributed by atoms with van der Waals surface area (Å²) in [4.78, 5) is 25.5. The highest BCUT2D eigenvalue weighted by molar-refractivity contribution is 5.76. The first kappa shape index (κ1) is 21.2. The van der Waals surface area contributed by atoms with E-state index in [0.717, 1.165) is 19.5 Å². The second-order valence-corrected chi connectivity index (χ2v) is 5.33. The first-order valence-electron chi connectivity index (χ1n) is 8.54. The number of fused-ring (bicyclic) bond motifs is 1. The van der Waals surface area contributed by atoms with E-state index in [4.69, 9.17) is 0 Å². The Bertz CT molecular complexity index is 484. The molecule has 0 bridgehead atoms. The lowest BCUT2D eigenvalue weighted by atomic mass is 10.00. The quantitative estimate of drug-likeness (QED) is 0.837. The second kappa shape index (κ2) is 11.7. The maximum absolute atomic E-state index is 11.5. The largest absolute Gasteiger partial charge is 0.349 e. The molecule has 0 spiro atoms. The van der Waals surface area contributed by atoms with Crippen LogP contribution in [-0.2, 0) is 22.6 Å². The van der Waals surface area contributed by atoms with Gasteiger partial charge in [0.05, 0.1) is 0 Å². The van der Waals surface area contributed by atoms with Gasteiger partial charge in [-0.15, -0.1) is 0 Å². The van der Waals surface area contributed by atoms with Crippen molar-refractivity contribution < 1.29 is 9.59 Å². The van der Waals surface area contributed by atoms with Crippen LogP contribution < -0.4 is 0 Å². The Morgan fingerprint density at radius 3 is 2.04 bits per heavy atom. The van der Waals surface area contributed by atoms with Crippen LogP contribution in [-0.4, -0.2) is 42.3 Å². The minimum absolute atomic E-state index is 0.181. The van der Waals surface area contributed by atoms with Crippen LogP contribution in [0.15, 0.2) is 24.3 Å². The summed E-state index contributed by atoms with van der Waals surface area (Å²) in [6.07, 6.45) is 2.22. The molecule has 2 amide bonds. The number of rotatable bonds is 2. The topological polar surface area (TPSA) is 40.6 Å². The number of carbonyl (C=O) groups is 2. The molecular formula is C19H32N2O2. The molecule has 4 nitrogen and oxygen atoms in total. The first-order valence-corrected chi connectivity index (χ1v) is 8.54. The average molecular weight is 320 g/mol. The molecular weight excluding hydrogens is 288 g/mol. The summed E-state index contributed by atoms with van der Waals surface area (Å²) < 4.78 is 0. The molecule has 0 N–H and O–H groups in total. The van der Waals surface area contributed by atoms with Crippen molar-refractivity contribution in [3.05, 3.63) is 35.4 Å². The Labute approximate surface area is 141 Å². The average Bonchev–Trinajstić information content (AvgIpc) is 2.62. The molecule has 0 aliphatic carbocycles. The summed E-state index contributed by atoms with van der Waals surface area (Å²) in [5.41, 5.74) is 2.70. The maximum atomic E-state index is 11.5.